The minimum atomic E-state index is -1.22. The minimum absolute atomic E-state index is 0.139. The number of carbonyl (C=O) groups is 2. The molecular weight excluding hydrogens is 404 g/mol. The number of hydrogen-bond donors (Lipinski definition) is 2. The van der Waals surface area contributed by atoms with Gasteiger partial charge in [-0.05, 0) is 49.6 Å². The van der Waals surface area contributed by atoms with Crippen LogP contribution in [0.1, 0.15) is 27.2 Å². The molecule has 0 atom stereocenters. The SMILES string of the molecule is Cc1cc(C)c(C)c(Oc2cc(NC(=O)Cn3nccc3C(=O)O)cc([N+](=O)[O-])c2)c1. The molecule has 0 saturated heterocycles. The summed E-state index contributed by atoms with van der Waals surface area (Å²) in [6.45, 7) is 5.37. The highest BCUT2D eigenvalue weighted by Gasteiger charge is 2.17. The lowest BCUT2D eigenvalue weighted by Crippen LogP contribution is -2.22. The van der Waals surface area contributed by atoms with Gasteiger partial charge < -0.3 is 15.2 Å². The van der Waals surface area contributed by atoms with E-state index in [1.807, 2.05) is 32.9 Å². The fourth-order valence-corrected chi connectivity index (χ4v) is 3.03. The van der Waals surface area contributed by atoms with E-state index in [1.165, 1.54) is 30.5 Å². The molecule has 0 spiro atoms. The summed E-state index contributed by atoms with van der Waals surface area (Å²) in [5, 5.41) is 26.8. The zero-order chi connectivity index (χ0) is 22.7. The van der Waals surface area contributed by atoms with Gasteiger partial charge in [0.1, 0.15) is 23.7 Å². The molecule has 10 nitrogen and oxygen atoms in total. The van der Waals surface area contributed by atoms with Crippen molar-refractivity contribution in [3.8, 4) is 11.5 Å². The van der Waals surface area contributed by atoms with Crippen LogP contribution in [0.5, 0.6) is 11.5 Å². The fourth-order valence-electron chi connectivity index (χ4n) is 3.03. The van der Waals surface area contributed by atoms with Gasteiger partial charge in [-0.15, -0.1) is 0 Å². The van der Waals surface area contributed by atoms with E-state index in [0.717, 1.165) is 21.4 Å². The number of hydrogen-bond acceptors (Lipinski definition) is 6. The van der Waals surface area contributed by atoms with E-state index >= 15 is 0 Å². The van der Waals surface area contributed by atoms with Crippen LogP contribution in [0.3, 0.4) is 0 Å². The topological polar surface area (TPSA) is 137 Å². The molecule has 0 fully saturated rings. The van der Waals surface area contributed by atoms with Crippen molar-refractivity contribution < 1.29 is 24.4 Å². The van der Waals surface area contributed by atoms with E-state index in [9.17, 15) is 19.7 Å². The first-order chi connectivity index (χ1) is 14.6. The van der Waals surface area contributed by atoms with Gasteiger partial charge >= 0.3 is 5.97 Å². The first-order valence-corrected chi connectivity index (χ1v) is 9.24. The van der Waals surface area contributed by atoms with E-state index in [0.29, 0.717) is 5.75 Å². The molecule has 0 radical (unpaired) electrons. The monoisotopic (exact) mass is 424 g/mol. The number of amides is 1. The summed E-state index contributed by atoms with van der Waals surface area (Å²) >= 11 is 0. The van der Waals surface area contributed by atoms with Gasteiger partial charge in [0.15, 0.2) is 0 Å². The molecule has 0 aliphatic rings. The molecule has 2 N–H and O–H groups in total. The van der Waals surface area contributed by atoms with Crippen LogP contribution in [0, 0.1) is 30.9 Å². The molecule has 1 aromatic heterocycles. The number of nitro benzene ring substituents is 1. The summed E-state index contributed by atoms with van der Waals surface area (Å²) in [7, 11) is 0. The zero-order valence-electron chi connectivity index (χ0n) is 17.1. The smallest absolute Gasteiger partial charge is 0.354 e. The first kappa shape index (κ1) is 21.5. The molecule has 160 valence electrons. The number of carboxylic acid groups (broad SMARTS) is 1. The molecule has 1 heterocycles. The number of nitrogens with zero attached hydrogens (tertiary/aromatic N) is 3. The van der Waals surface area contributed by atoms with Gasteiger partial charge in [0.05, 0.1) is 16.7 Å². The summed E-state index contributed by atoms with van der Waals surface area (Å²) in [6, 6.07) is 9.01. The Hall–Kier alpha value is -4.21. The Labute approximate surface area is 177 Å². The summed E-state index contributed by atoms with van der Waals surface area (Å²) < 4.78 is 6.91. The summed E-state index contributed by atoms with van der Waals surface area (Å²) in [5.74, 6) is -1.08. The van der Waals surface area contributed by atoms with Crippen LogP contribution < -0.4 is 10.1 Å². The Morgan fingerprint density at radius 3 is 2.61 bits per heavy atom. The second-order valence-electron chi connectivity index (χ2n) is 7.01. The van der Waals surface area contributed by atoms with Gasteiger partial charge in [-0.1, -0.05) is 6.07 Å². The predicted molar refractivity (Wildman–Crippen MR) is 112 cm³/mol. The number of carboxylic acids is 1. The Bertz CT molecular complexity index is 1180. The number of aryl methyl sites for hydroxylation is 2. The summed E-state index contributed by atoms with van der Waals surface area (Å²) in [6.07, 6.45) is 1.27. The number of ether oxygens (including phenoxy) is 1. The molecule has 3 rings (SSSR count). The second-order valence-corrected chi connectivity index (χ2v) is 7.01. The molecule has 0 bridgehead atoms. The molecule has 0 aliphatic heterocycles. The summed E-state index contributed by atoms with van der Waals surface area (Å²) in [4.78, 5) is 34.3. The Balaban J connectivity index is 1.86. The van der Waals surface area contributed by atoms with Crippen molar-refractivity contribution in [3.05, 3.63) is 75.1 Å². The third-order valence-electron chi connectivity index (χ3n) is 4.61. The van der Waals surface area contributed by atoms with E-state index in [1.54, 1.807) is 0 Å². The van der Waals surface area contributed by atoms with Crippen LogP contribution in [0.2, 0.25) is 0 Å². The number of rotatable bonds is 7. The zero-order valence-corrected chi connectivity index (χ0v) is 17.1. The Morgan fingerprint density at radius 2 is 1.94 bits per heavy atom. The van der Waals surface area contributed by atoms with Crippen LogP contribution >= 0.6 is 0 Å². The molecule has 2 aromatic carbocycles. The maximum Gasteiger partial charge on any atom is 0.354 e. The third kappa shape index (κ3) is 5.04. The maximum absolute atomic E-state index is 12.4. The van der Waals surface area contributed by atoms with Crippen LogP contribution in [0.4, 0.5) is 11.4 Å². The highest BCUT2D eigenvalue weighted by Crippen LogP contribution is 2.33. The van der Waals surface area contributed by atoms with Crippen LogP contribution in [0.25, 0.3) is 0 Å². The van der Waals surface area contributed by atoms with Crippen LogP contribution in [-0.4, -0.2) is 31.7 Å². The largest absolute Gasteiger partial charge is 0.477 e. The van der Waals surface area contributed by atoms with E-state index in [4.69, 9.17) is 9.84 Å². The number of aromatic carboxylic acids is 1. The molecule has 1 amide bonds. The highest BCUT2D eigenvalue weighted by atomic mass is 16.6. The van der Waals surface area contributed by atoms with Crippen molar-refractivity contribution in [2.45, 2.75) is 27.3 Å². The van der Waals surface area contributed by atoms with Crippen molar-refractivity contribution in [1.82, 2.24) is 9.78 Å². The normalized spacial score (nSPS) is 10.5. The lowest BCUT2D eigenvalue weighted by molar-refractivity contribution is -0.384. The number of benzene rings is 2. The first-order valence-electron chi connectivity index (χ1n) is 9.24. The molecule has 0 saturated carbocycles. The fraction of sp³-hybridized carbons (Fsp3) is 0.190. The van der Waals surface area contributed by atoms with E-state index in [2.05, 4.69) is 10.4 Å². The Kier molecular flexibility index (Phi) is 6.00. The number of anilines is 1. The lowest BCUT2D eigenvalue weighted by atomic mass is 10.1. The molecule has 31 heavy (non-hydrogen) atoms. The van der Waals surface area contributed by atoms with Gasteiger partial charge in [-0.3, -0.25) is 14.9 Å². The van der Waals surface area contributed by atoms with Gasteiger partial charge in [-0.25, -0.2) is 9.48 Å². The molecular formula is C21H20N4O6. The van der Waals surface area contributed by atoms with Crippen molar-refractivity contribution in [3.63, 3.8) is 0 Å². The average Bonchev–Trinajstić information content (AvgIpc) is 3.13. The predicted octanol–water partition coefficient (Wildman–Crippen LogP) is 3.85. The van der Waals surface area contributed by atoms with E-state index in [-0.39, 0.29) is 29.4 Å². The molecule has 0 aliphatic carbocycles. The van der Waals surface area contributed by atoms with Crippen molar-refractivity contribution >= 4 is 23.3 Å². The number of nitrogens with one attached hydrogen (secondary N) is 1. The van der Waals surface area contributed by atoms with Gasteiger partial charge in [0.25, 0.3) is 5.69 Å². The second kappa shape index (κ2) is 8.66. The Morgan fingerprint density at radius 1 is 1.19 bits per heavy atom. The standard InChI is InChI=1S/C21H20N4O6/c1-12-6-13(2)14(3)19(7-12)31-17-9-15(8-16(10-17)25(29)30)23-20(26)11-24-18(21(27)28)4-5-22-24/h4-10H,11H2,1-3H3,(H,23,26)(H,27,28). The molecule has 10 heteroatoms. The molecule has 0 unspecified atom stereocenters. The van der Waals surface area contributed by atoms with Crippen LogP contribution in [0.15, 0.2) is 42.6 Å². The third-order valence-corrected chi connectivity index (χ3v) is 4.61. The number of non-ortho nitro benzene ring substituents is 1. The van der Waals surface area contributed by atoms with Gasteiger partial charge in [0.2, 0.25) is 5.91 Å². The van der Waals surface area contributed by atoms with Gasteiger partial charge in [-0.2, -0.15) is 5.10 Å². The minimum Gasteiger partial charge on any atom is -0.477 e. The van der Waals surface area contributed by atoms with Crippen molar-refractivity contribution in [1.29, 1.82) is 0 Å². The quantitative estimate of drug-likeness (QED) is 0.434. The van der Waals surface area contributed by atoms with Gasteiger partial charge in [0, 0.05) is 18.3 Å². The number of carbonyl (C=O) groups excluding carboxylic acids is 1. The number of nitro groups is 1. The van der Waals surface area contributed by atoms with Crippen LogP contribution in [-0.2, 0) is 11.3 Å². The lowest BCUT2D eigenvalue weighted by Gasteiger charge is -2.13. The average molecular weight is 424 g/mol. The van der Waals surface area contributed by atoms with E-state index < -0.39 is 16.8 Å². The maximum atomic E-state index is 12.4. The number of aromatic nitrogens is 2. The van der Waals surface area contributed by atoms with Crippen molar-refractivity contribution in [2.24, 2.45) is 0 Å². The van der Waals surface area contributed by atoms with Crippen molar-refractivity contribution in [2.75, 3.05) is 5.32 Å². The highest BCUT2D eigenvalue weighted by molar-refractivity contribution is 5.92. The molecule has 3 aromatic rings. The summed E-state index contributed by atoms with van der Waals surface area (Å²) in [5.41, 5.74) is 2.61.